The van der Waals surface area contributed by atoms with Gasteiger partial charge in [0.05, 0.1) is 16.9 Å². The van der Waals surface area contributed by atoms with Crippen molar-refractivity contribution >= 4 is 5.69 Å². The van der Waals surface area contributed by atoms with Gasteiger partial charge in [0.1, 0.15) is 6.07 Å². The van der Waals surface area contributed by atoms with Crippen LogP contribution in [0.15, 0.2) is 6.07 Å². The molecule has 0 saturated carbocycles. The average Bonchev–Trinajstić information content (AvgIpc) is 2.17. The highest BCUT2D eigenvalue weighted by atomic mass is 15.1. The molecule has 0 fully saturated rings. The number of nitriles is 1. The van der Waals surface area contributed by atoms with Gasteiger partial charge in [-0.3, -0.25) is 4.98 Å². The van der Waals surface area contributed by atoms with Crippen LogP contribution in [0.1, 0.15) is 17.0 Å². The third-order valence-electron chi connectivity index (χ3n) is 2.30. The minimum atomic E-state index is 0.571. The molecule has 15 heavy (non-hydrogen) atoms. The van der Waals surface area contributed by atoms with Crippen LogP contribution < -0.4 is 10.6 Å². The molecule has 0 spiro atoms. The van der Waals surface area contributed by atoms with Crippen LogP contribution in [-0.4, -0.2) is 25.1 Å². The highest BCUT2D eigenvalue weighted by Crippen LogP contribution is 2.21. The Kier molecular flexibility index (Phi) is 3.64. The van der Waals surface area contributed by atoms with E-state index < -0.39 is 0 Å². The van der Waals surface area contributed by atoms with E-state index in [-0.39, 0.29) is 0 Å². The van der Waals surface area contributed by atoms with E-state index in [0.29, 0.717) is 12.1 Å². The average molecular weight is 204 g/mol. The fourth-order valence-corrected chi connectivity index (χ4v) is 1.56. The van der Waals surface area contributed by atoms with Gasteiger partial charge in [-0.2, -0.15) is 5.26 Å². The molecule has 1 aromatic heterocycles. The molecular weight excluding hydrogens is 188 g/mol. The van der Waals surface area contributed by atoms with E-state index >= 15 is 0 Å². The number of hydrogen-bond donors (Lipinski definition) is 1. The molecule has 80 valence electrons. The third kappa shape index (κ3) is 2.45. The summed E-state index contributed by atoms with van der Waals surface area (Å²) in [5, 5.41) is 9.06. The van der Waals surface area contributed by atoms with E-state index in [1.54, 1.807) is 0 Å². The number of aryl methyl sites for hydroxylation is 2. The monoisotopic (exact) mass is 204 g/mol. The Morgan fingerprint density at radius 1 is 1.53 bits per heavy atom. The van der Waals surface area contributed by atoms with Crippen LogP contribution >= 0.6 is 0 Å². The van der Waals surface area contributed by atoms with Crippen molar-refractivity contribution in [1.29, 1.82) is 5.26 Å². The first kappa shape index (κ1) is 11.5. The van der Waals surface area contributed by atoms with Gasteiger partial charge in [0, 0.05) is 25.8 Å². The fraction of sp³-hybridized carbons (Fsp3) is 0.455. The lowest BCUT2D eigenvalue weighted by atomic mass is 10.1. The van der Waals surface area contributed by atoms with Crippen LogP contribution in [-0.2, 0) is 0 Å². The SMILES string of the molecule is Cc1cc(N(C)CCN)c(C#N)c(C)n1. The lowest BCUT2D eigenvalue weighted by molar-refractivity contribution is 0.878. The minimum absolute atomic E-state index is 0.571. The van der Waals surface area contributed by atoms with Crippen molar-refractivity contribution in [2.24, 2.45) is 5.73 Å². The Morgan fingerprint density at radius 3 is 2.73 bits per heavy atom. The molecule has 1 aromatic rings. The Hall–Kier alpha value is -1.60. The molecule has 0 aliphatic heterocycles. The molecule has 0 radical (unpaired) electrons. The maximum Gasteiger partial charge on any atom is 0.103 e. The van der Waals surface area contributed by atoms with E-state index in [0.717, 1.165) is 23.6 Å². The summed E-state index contributed by atoms with van der Waals surface area (Å²) in [5.41, 5.74) is 8.74. The number of hydrogen-bond acceptors (Lipinski definition) is 4. The van der Waals surface area contributed by atoms with Crippen molar-refractivity contribution in [1.82, 2.24) is 4.98 Å². The number of aromatic nitrogens is 1. The van der Waals surface area contributed by atoms with Crippen molar-refractivity contribution < 1.29 is 0 Å². The lowest BCUT2D eigenvalue weighted by Crippen LogP contribution is -2.26. The first-order valence-corrected chi connectivity index (χ1v) is 4.89. The van der Waals surface area contributed by atoms with Gasteiger partial charge in [-0.05, 0) is 19.9 Å². The van der Waals surface area contributed by atoms with Gasteiger partial charge in [-0.1, -0.05) is 0 Å². The van der Waals surface area contributed by atoms with Gasteiger partial charge >= 0.3 is 0 Å². The summed E-state index contributed by atoms with van der Waals surface area (Å²) >= 11 is 0. The Labute approximate surface area is 90.3 Å². The van der Waals surface area contributed by atoms with E-state index in [1.165, 1.54) is 0 Å². The number of rotatable bonds is 3. The molecule has 0 unspecified atom stereocenters. The Morgan fingerprint density at radius 2 is 2.20 bits per heavy atom. The first-order valence-electron chi connectivity index (χ1n) is 4.89. The lowest BCUT2D eigenvalue weighted by Gasteiger charge is -2.20. The van der Waals surface area contributed by atoms with E-state index in [2.05, 4.69) is 11.1 Å². The Bertz CT molecular complexity index is 392. The molecule has 0 aliphatic rings. The molecular formula is C11H16N4. The molecule has 2 N–H and O–H groups in total. The van der Waals surface area contributed by atoms with Crippen LogP contribution in [0.3, 0.4) is 0 Å². The summed E-state index contributed by atoms with van der Waals surface area (Å²) in [6, 6.07) is 4.10. The molecule has 1 heterocycles. The summed E-state index contributed by atoms with van der Waals surface area (Å²) in [4.78, 5) is 6.25. The summed E-state index contributed by atoms with van der Waals surface area (Å²) in [6.45, 7) is 5.08. The highest BCUT2D eigenvalue weighted by Gasteiger charge is 2.11. The molecule has 0 amide bonds. The summed E-state index contributed by atoms with van der Waals surface area (Å²) in [5.74, 6) is 0. The molecule has 0 aliphatic carbocycles. The van der Waals surface area contributed by atoms with Crippen LogP contribution in [0.25, 0.3) is 0 Å². The van der Waals surface area contributed by atoms with Crippen molar-refractivity contribution in [2.45, 2.75) is 13.8 Å². The second-order valence-corrected chi connectivity index (χ2v) is 3.57. The van der Waals surface area contributed by atoms with Crippen LogP contribution in [0.4, 0.5) is 5.69 Å². The second kappa shape index (κ2) is 4.76. The van der Waals surface area contributed by atoms with Crippen molar-refractivity contribution in [3.8, 4) is 6.07 Å². The van der Waals surface area contributed by atoms with Crippen molar-refractivity contribution in [3.63, 3.8) is 0 Å². The van der Waals surface area contributed by atoms with E-state index in [1.807, 2.05) is 31.9 Å². The zero-order chi connectivity index (χ0) is 11.4. The predicted molar refractivity (Wildman–Crippen MR) is 60.8 cm³/mol. The maximum atomic E-state index is 9.06. The van der Waals surface area contributed by atoms with Crippen LogP contribution in [0.5, 0.6) is 0 Å². The number of nitrogens with zero attached hydrogens (tertiary/aromatic N) is 3. The van der Waals surface area contributed by atoms with E-state index in [4.69, 9.17) is 11.0 Å². The summed E-state index contributed by atoms with van der Waals surface area (Å²) in [6.07, 6.45) is 0. The van der Waals surface area contributed by atoms with Gasteiger partial charge in [0.2, 0.25) is 0 Å². The topological polar surface area (TPSA) is 65.9 Å². The minimum Gasteiger partial charge on any atom is -0.372 e. The van der Waals surface area contributed by atoms with Crippen molar-refractivity contribution in [2.75, 3.05) is 25.0 Å². The van der Waals surface area contributed by atoms with Gasteiger partial charge in [-0.25, -0.2) is 0 Å². The molecule has 4 heteroatoms. The molecule has 0 saturated heterocycles. The van der Waals surface area contributed by atoms with Crippen LogP contribution in [0, 0.1) is 25.2 Å². The quantitative estimate of drug-likeness (QED) is 0.796. The third-order valence-corrected chi connectivity index (χ3v) is 2.30. The zero-order valence-electron chi connectivity index (χ0n) is 9.41. The smallest absolute Gasteiger partial charge is 0.103 e. The summed E-state index contributed by atoms with van der Waals surface area (Å²) in [7, 11) is 1.93. The largest absolute Gasteiger partial charge is 0.372 e. The molecule has 0 atom stereocenters. The standard InChI is InChI=1S/C11H16N4/c1-8-6-11(15(3)5-4-12)10(7-13)9(2)14-8/h6H,4-5,12H2,1-3H3. The fourth-order valence-electron chi connectivity index (χ4n) is 1.56. The predicted octanol–water partition coefficient (Wildman–Crippen LogP) is 0.965. The van der Waals surface area contributed by atoms with Gasteiger partial charge in [0.25, 0.3) is 0 Å². The first-order chi connectivity index (χ1) is 7.10. The molecule has 4 nitrogen and oxygen atoms in total. The second-order valence-electron chi connectivity index (χ2n) is 3.57. The number of likely N-dealkylation sites (N-methyl/N-ethyl adjacent to an activating group) is 1. The van der Waals surface area contributed by atoms with Gasteiger partial charge in [-0.15, -0.1) is 0 Å². The van der Waals surface area contributed by atoms with Crippen LogP contribution in [0.2, 0.25) is 0 Å². The molecule has 0 bridgehead atoms. The maximum absolute atomic E-state index is 9.06. The molecule has 0 aromatic carbocycles. The Balaban J connectivity index is 3.21. The number of nitrogens with two attached hydrogens (primary N) is 1. The number of anilines is 1. The van der Waals surface area contributed by atoms with E-state index in [9.17, 15) is 0 Å². The highest BCUT2D eigenvalue weighted by molar-refractivity contribution is 5.61. The molecule has 1 rings (SSSR count). The van der Waals surface area contributed by atoms with Gasteiger partial charge in [0.15, 0.2) is 0 Å². The normalized spacial score (nSPS) is 9.80. The summed E-state index contributed by atoms with van der Waals surface area (Å²) < 4.78 is 0. The van der Waals surface area contributed by atoms with Crippen molar-refractivity contribution in [3.05, 3.63) is 23.0 Å². The zero-order valence-corrected chi connectivity index (χ0v) is 9.41. The van der Waals surface area contributed by atoms with Gasteiger partial charge < -0.3 is 10.6 Å². The number of pyridine rings is 1.